The molecule has 0 fully saturated rings. The molecule has 0 unspecified atom stereocenters. The first-order valence-electron chi connectivity index (χ1n) is 8.02. The first-order chi connectivity index (χ1) is 12.7. The van der Waals surface area contributed by atoms with Crippen molar-refractivity contribution in [3.8, 4) is 11.6 Å². The van der Waals surface area contributed by atoms with E-state index in [-0.39, 0.29) is 11.7 Å². The monoisotopic (exact) mass is 369 g/mol. The number of carbonyl (C=O) groups excluding carboxylic acids is 1. The Hall–Kier alpha value is -2.87. The molecule has 0 saturated heterocycles. The largest absolute Gasteiger partial charge is 0.481 e. The van der Waals surface area contributed by atoms with Crippen LogP contribution in [0.4, 0.5) is 0 Å². The van der Waals surface area contributed by atoms with Crippen LogP contribution in [-0.4, -0.2) is 38.5 Å². The lowest BCUT2D eigenvalue weighted by atomic mass is 10.2. The molecule has 3 aromatic rings. The smallest absolute Gasteiger partial charge is 0.230 e. The Labute approximate surface area is 155 Å². The third-order valence-electron chi connectivity index (χ3n) is 3.68. The molecule has 0 bridgehead atoms. The first kappa shape index (κ1) is 17.9. The van der Waals surface area contributed by atoms with Gasteiger partial charge in [0.15, 0.2) is 5.16 Å². The van der Waals surface area contributed by atoms with Crippen LogP contribution in [0.1, 0.15) is 11.1 Å². The van der Waals surface area contributed by atoms with Crippen LogP contribution in [0, 0.1) is 6.92 Å². The van der Waals surface area contributed by atoms with E-state index in [9.17, 15) is 4.79 Å². The lowest BCUT2D eigenvalue weighted by Gasteiger charge is -2.09. The minimum absolute atomic E-state index is 0.0978. The minimum atomic E-state index is -0.0978. The molecule has 0 spiro atoms. The number of thioether (sulfide) groups is 1. The number of ether oxygens (including phenoxy) is 1. The van der Waals surface area contributed by atoms with Gasteiger partial charge in [-0.05, 0) is 25.1 Å². The summed E-state index contributed by atoms with van der Waals surface area (Å²) >= 11 is 1.34. The Morgan fingerprint density at radius 1 is 1.27 bits per heavy atom. The van der Waals surface area contributed by atoms with E-state index in [1.807, 2.05) is 47.9 Å². The number of benzene rings is 1. The number of amides is 1. The van der Waals surface area contributed by atoms with E-state index in [1.54, 1.807) is 19.6 Å². The van der Waals surface area contributed by atoms with E-state index in [2.05, 4.69) is 20.5 Å². The fourth-order valence-corrected chi connectivity index (χ4v) is 3.08. The molecule has 0 aliphatic rings. The number of nitrogens with zero attached hydrogens (tertiary/aromatic N) is 4. The highest BCUT2D eigenvalue weighted by atomic mass is 32.2. The molecule has 7 nitrogen and oxygen atoms in total. The second kappa shape index (κ2) is 8.48. The average Bonchev–Trinajstić information content (AvgIpc) is 3.14. The van der Waals surface area contributed by atoms with Gasteiger partial charge in [-0.25, -0.2) is 4.98 Å². The molecule has 26 heavy (non-hydrogen) atoms. The van der Waals surface area contributed by atoms with Crippen LogP contribution in [0.2, 0.25) is 0 Å². The number of hydrogen-bond donors (Lipinski definition) is 1. The summed E-state index contributed by atoms with van der Waals surface area (Å²) in [4.78, 5) is 16.3. The molecule has 0 radical (unpaired) electrons. The second-order valence-corrected chi connectivity index (χ2v) is 6.50. The molecular weight excluding hydrogens is 350 g/mol. The SMILES string of the molecule is COc1ncccc1CNC(=O)CSc1nncn1-c1ccc(C)cc1. The summed E-state index contributed by atoms with van der Waals surface area (Å²) in [6.45, 7) is 2.40. The normalized spacial score (nSPS) is 10.5. The van der Waals surface area contributed by atoms with Gasteiger partial charge in [-0.2, -0.15) is 0 Å². The molecular formula is C18H19N5O2S. The van der Waals surface area contributed by atoms with Gasteiger partial charge in [-0.3, -0.25) is 9.36 Å². The lowest BCUT2D eigenvalue weighted by molar-refractivity contribution is -0.118. The van der Waals surface area contributed by atoms with Crippen LogP contribution >= 0.6 is 11.8 Å². The number of aryl methyl sites for hydroxylation is 1. The number of nitrogens with one attached hydrogen (secondary N) is 1. The highest BCUT2D eigenvalue weighted by molar-refractivity contribution is 7.99. The summed E-state index contributed by atoms with van der Waals surface area (Å²) in [5, 5.41) is 11.6. The summed E-state index contributed by atoms with van der Waals surface area (Å²) < 4.78 is 7.04. The third kappa shape index (κ3) is 4.40. The Morgan fingerprint density at radius 2 is 2.08 bits per heavy atom. The predicted molar refractivity (Wildman–Crippen MR) is 99.5 cm³/mol. The number of carbonyl (C=O) groups is 1. The zero-order valence-corrected chi connectivity index (χ0v) is 15.4. The van der Waals surface area contributed by atoms with Gasteiger partial charge in [-0.1, -0.05) is 35.5 Å². The topological polar surface area (TPSA) is 81.9 Å². The van der Waals surface area contributed by atoms with E-state index in [0.29, 0.717) is 17.6 Å². The van der Waals surface area contributed by atoms with Crippen molar-refractivity contribution in [3.63, 3.8) is 0 Å². The quantitative estimate of drug-likeness (QED) is 0.644. The van der Waals surface area contributed by atoms with Crippen LogP contribution < -0.4 is 10.1 Å². The second-order valence-electron chi connectivity index (χ2n) is 5.56. The third-order valence-corrected chi connectivity index (χ3v) is 4.62. The van der Waals surface area contributed by atoms with E-state index in [0.717, 1.165) is 11.3 Å². The van der Waals surface area contributed by atoms with Gasteiger partial charge in [0.2, 0.25) is 11.8 Å². The Balaban J connectivity index is 1.57. The molecule has 0 aliphatic carbocycles. The fraction of sp³-hybridized carbons (Fsp3) is 0.222. The van der Waals surface area contributed by atoms with Crippen LogP contribution in [0.25, 0.3) is 5.69 Å². The van der Waals surface area contributed by atoms with Gasteiger partial charge < -0.3 is 10.1 Å². The van der Waals surface area contributed by atoms with Crippen LogP contribution in [0.15, 0.2) is 54.1 Å². The molecule has 2 heterocycles. The predicted octanol–water partition coefficient (Wildman–Crippen LogP) is 2.39. The summed E-state index contributed by atoms with van der Waals surface area (Å²) in [6.07, 6.45) is 3.29. The molecule has 134 valence electrons. The summed E-state index contributed by atoms with van der Waals surface area (Å²) in [5.41, 5.74) is 2.97. The summed E-state index contributed by atoms with van der Waals surface area (Å²) in [5.74, 6) is 0.659. The maximum Gasteiger partial charge on any atom is 0.230 e. The molecule has 0 atom stereocenters. The first-order valence-corrected chi connectivity index (χ1v) is 9.00. The summed E-state index contributed by atoms with van der Waals surface area (Å²) in [7, 11) is 1.56. The van der Waals surface area contributed by atoms with E-state index in [4.69, 9.17) is 4.74 Å². The molecule has 8 heteroatoms. The summed E-state index contributed by atoms with van der Waals surface area (Å²) in [6, 6.07) is 11.7. The van der Waals surface area contributed by atoms with Crippen LogP contribution in [0.3, 0.4) is 0 Å². The molecule has 0 saturated carbocycles. The maximum absolute atomic E-state index is 12.2. The number of pyridine rings is 1. The molecule has 3 rings (SSSR count). The molecule has 1 amide bonds. The van der Waals surface area contributed by atoms with Crippen molar-refractivity contribution < 1.29 is 9.53 Å². The number of aromatic nitrogens is 4. The van der Waals surface area contributed by atoms with E-state index >= 15 is 0 Å². The van der Waals surface area contributed by atoms with Gasteiger partial charge in [-0.15, -0.1) is 10.2 Å². The lowest BCUT2D eigenvalue weighted by Crippen LogP contribution is -2.25. The van der Waals surface area contributed by atoms with Crippen molar-refractivity contribution >= 4 is 17.7 Å². The minimum Gasteiger partial charge on any atom is -0.481 e. The van der Waals surface area contributed by atoms with Crippen molar-refractivity contribution in [3.05, 3.63) is 60.0 Å². The maximum atomic E-state index is 12.2. The zero-order chi connectivity index (χ0) is 18.4. The highest BCUT2D eigenvalue weighted by Gasteiger charge is 2.11. The standard InChI is InChI=1S/C18H19N5O2S/c1-13-5-7-15(8-6-13)23-12-21-22-18(23)26-11-16(24)20-10-14-4-3-9-19-17(14)25-2/h3-9,12H,10-11H2,1-2H3,(H,20,24). The fourth-order valence-electron chi connectivity index (χ4n) is 2.32. The highest BCUT2D eigenvalue weighted by Crippen LogP contribution is 2.20. The van der Waals surface area contributed by atoms with Gasteiger partial charge in [0.05, 0.1) is 12.9 Å². The number of methoxy groups -OCH3 is 1. The average molecular weight is 369 g/mol. The van der Waals surface area contributed by atoms with Crippen LogP contribution in [0.5, 0.6) is 5.88 Å². The van der Waals surface area contributed by atoms with Crippen molar-refractivity contribution in [2.45, 2.75) is 18.6 Å². The van der Waals surface area contributed by atoms with E-state index < -0.39 is 0 Å². The van der Waals surface area contributed by atoms with Crippen molar-refractivity contribution in [1.29, 1.82) is 0 Å². The zero-order valence-electron chi connectivity index (χ0n) is 14.5. The van der Waals surface area contributed by atoms with E-state index in [1.165, 1.54) is 17.3 Å². The molecule has 1 N–H and O–H groups in total. The molecule has 1 aromatic carbocycles. The van der Waals surface area contributed by atoms with Gasteiger partial charge in [0.25, 0.3) is 0 Å². The van der Waals surface area contributed by atoms with Crippen LogP contribution in [-0.2, 0) is 11.3 Å². The Morgan fingerprint density at radius 3 is 2.85 bits per heavy atom. The van der Waals surface area contributed by atoms with Gasteiger partial charge in [0, 0.05) is 24.0 Å². The Kier molecular flexibility index (Phi) is 5.85. The van der Waals surface area contributed by atoms with Gasteiger partial charge >= 0.3 is 0 Å². The van der Waals surface area contributed by atoms with Gasteiger partial charge in [0.1, 0.15) is 6.33 Å². The van der Waals surface area contributed by atoms with Crippen molar-refractivity contribution in [2.75, 3.05) is 12.9 Å². The Bertz CT molecular complexity index is 879. The van der Waals surface area contributed by atoms with Crippen molar-refractivity contribution in [1.82, 2.24) is 25.1 Å². The number of hydrogen-bond acceptors (Lipinski definition) is 6. The molecule has 2 aromatic heterocycles. The molecule has 0 aliphatic heterocycles. The van der Waals surface area contributed by atoms with Crippen molar-refractivity contribution in [2.24, 2.45) is 0 Å². The number of rotatable bonds is 7.